The fraction of sp³-hybridized carbons (Fsp3) is 0.100. The minimum Gasteiger partial charge on any atom is -0.489 e. The van der Waals surface area contributed by atoms with E-state index in [2.05, 4.69) is 15.4 Å². The maximum absolute atomic E-state index is 13.2. The van der Waals surface area contributed by atoms with Gasteiger partial charge in [-0.1, -0.05) is 12.1 Å². The highest BCUT2D eigenvalue weighted by Crippen LogP contribution is 2.24. The molecule has 0 radical (unpaired) electrons. The number of aromatic nitrogens is 3. The van der Waals surface area contributed by atoms with E-state index in [1.807, 2.05) is 49.5 Å². The van der Waals surface area contributed by atoms with Crippen molar-refractivity contribution in [3.63, 3.8) is 0 Å². The quantitative estimate of drug-likeness (QED) is 0.577. The predicted octanol–water partition coefficient (Wildman–Crippen LogP) is 4.50. The van der Waals surface area contributed by atoms with Crippen molar-refractivity contribution in [3.05, 3.63) is 84.1 Å². The Labute approximate surface area is 150 Å². The molecular weight excluding hydrogens is 331 g/mol. The summed E-state index contributed by atoms with van der Waals surface area (Å²) < 4.78 is 20.7. The highest BCUT2D eigenvalue weighted by Gasteiger charge is 2.07. The van der Waals surface area contributed by atoms with Crippen molar-refractivity contribution in [3.8, 4) is 5.75 Å². The van der Waals surface area contributed by atoms with Gasteiger partial charge >= 0.3 is 0 Å². The number of anilines is 2. The standard InChI is InChI=1S/C20H17FN4O/c1-14-9-10-25-19(14)20(22-13-23-25)24-17-5-7-18(8-6-17)26-12-15-3-2-4-16(21)11-15/h2-11,13H,12H2,1H3,(H,22,23,24). The van der Waals surface area contributed by atoms with Gasteiger partial charge in [0.1, 0.15) is 30.0 Å². The average molecular weight is 348 g/mol. The topological polar surface area (TPSA) is 51.5 Å². The third-order valence-corrected chi connectivity index (χ3v) is 4.07. The molecule has 0 amide bonds. The summed E-state index contributed by atoms with van der Waals surface area (Å²) in [6.45, 7) is 2.34. The van der Waals surface area contributed by atoms with Crippen LogP contribution in [0.3, 0.4) is 0 Å². The summed E-state index contributed by atoms with van der Waals surface area (Å²) >= 11 is 0. The zero-order chi connectivity index (χ0) is 17.9. The first-order valence-corrected chi connectivity index (χ1v) is 8.22. The zero-order valence-corrected chi connectivity index (χ0v) is 14.2. The fourth-order valence-corrected chi connectivity index (χ4v) is 2.76. The second-order valence-corrected chi connectivity index (χ2v) is 5.97. The SMILES string of the molecule is Cc1ccn2ncnc(Nc3ccc(OCc4cccc(F)c4)cc3)c12. The van der Waals surface area contributed by atoms with E-state index >= 15 is 0 Å². The summed E-state index contributed by atoms with van der Waals surface area (Å²) in [5.74, 6) is 1.20. The molecule has 2 aromatic carbocycles. The van der Waals surface area contributed by atoms with Crippen molar-refractivity contribution < 1.29 is 9.13 Å². The molecule has 0 aliphatic rings. The Morgan fingerprint density at radius 3 is 2.77 bits per heavy atom. The molecule has 5 nitrogen and oxygen atoms in total. The number of rotatable bonds is 5. The molecule has 0 spiro atoms. The Kier molecular flexibility index (Phi) is 4.23. The smallest absolute Gasteiger partial charge is 0.158 e. The lowest BCUT2D eigenvalue weighted by molar-refractivity contribution is 0.305. The molecule has 0 fully saturated rings. The summed E-state index contributed by atoms with van der Waals surface area (Å²) in [6.07, 6.45) is 3.42. The van der Waals surface area contributed by atoms with Crippen LogP contribution in [0.25, 0.3) is 5.52 Å². The molecule has 1 N–H and O–H groups in total. The van der Waals surface area contributed by atoms with E-state index in [4.69, 9.17) is 4.74 Å². The largest absolute Gasteiger partial charge is 0.489 e. The van der Waals surface area contributed by atoms with Crippen molar-refractivity contribution in [2.24, 2.45) is 0 Å². The van der Waals surface area contributed by atoms with Crippen LogP contribution < -0.4 is 10.1 Å². The summed E-state index contributed by atoms with van der Waals surface area (Å²) in [7, 11) is 0. The first-order chi connectivity index (χ1) is 12.7. The summed E-state index contributed by atoms with van der Waals surface area (Å²) in [4.78, 5) is 4.33. The van der Waals surface area contributed by atoms with Crippen molar-refractivity contribution in [2.75, 3.05) is 5.32 Å². The van der Waals surface area contributed by atoms with Gasteiger partial charge in [0.15, 0.2) is 5.82 Å². The highest BCUT2D eigenvalue weighted by molar-refractivity contribution is 5.76. The summed E-state index contributed by atoms with van der Waals surface area (Å²) in [5.41, 5.74) is 3.73. The Balaban J connectivity index is 1.46. The number of fused-ring (bicyclic) bond motifs is 1. The van der Waals surface area contributed by atoms with Gasteiger partial charge in [-0.05, 0) is 60.5 Å². The molecular formula is C20H17FN4O. The van der Waals surface area contributed by atoms with Crippen LogP contribution >= 0.6 is 0 Å². The molecule has 4 rings (SSSR count). The van der Waals surface area contributed by atoms with E-state index in [0.29, 0.717) is 12.4 Å². The second kappa shape index (κ2) is 6.84. The Morgan fingerprint density at radius 2 is 1.96 bits per heavy atom. The van der Waals surface area contributed by atoms with Gasteiger partial charge < -0.3 is 10.1 Å². The number of hydrogen-bond acceptors (Lipinski definition) is 4. The molecule has 0 unspecified atom stereocenters. The Bertz CT molecular complexity index is 1040. The number of aryl methyl sites for hydroxylation is 1. The van der Waals surface area contributed by atoms with Gasteiger partial charge in [0, 0.05) is 11.9 Å². The molecule has 0 aliphatic carbocycles. The van der Waals surface area contributed by atoms with Gasteiger partial charge in [0.25, 0.3) is 0 Å². The highest BCUT2D eigenvalue weighted by atomic mass is 19.1. The van der Waals surface area contributed by atoms with Gasteiger partial charge in [0.05, 0.1) is 0 Å². The van der Waals surface area contributed by atoms with Gasteiger partial charge in [-0.15, -0.1) is 0 Å². The third-order valence-electron chi connectivity index (χ3n) is 4.07. The molecule has 26 heavy (non-hydrogen) atoms. The number of nitrogens with one attached hydrogen (secondary N) is 1. The average Bonchev–Trinajstić information content (AvgIpc) is 3.03. The summed E-state index contributed by atoms with van der Waals surface area (Å²) in [5, 5.41) is 7.50. The van der Waals surface area contributed by atoms with Gasteiger partial charge in [-0.3, -0.25) is 0 Å². The number of halogens is 1. The number of ether oxygens (including phenoxy) is 1. The molecule has 130 valence electrons. The molecule has 0 aliphatic heterocycles. The van der Waals surface area contributed by atoms with Crippen LogP contribution in [-0.2, 0) is 6.61 Å². The zero-order valence-electron chi connectivity index (χ0n) is 14.2. The van der Waals surface area contributed by atoms with Gasteiger partial charge in [-0.2, -0.15) is 5.10 Å². The molecule has 0 saturated heterocycles. The minimum absolute atomic E-state index is 0.262. The molecule has 2 heterocycles. The molecule has 2 aromatic heterocycles. The Morgan fingerprint density at radius 1 is 1.12 bits per heavy atom. The first-order valence-electron chi connectivity index (χ1n) is 8.22. The third kappa shape index (κ3) is 3.35. The van der Waals surface area contributed by atoms with Crippen LogP contribution in [0, 0.1) is 12.7 Å². The van der Waals surface area contributed by atoms with E-state index < -0.39 is 0 Å². The van der Waals surface area contributed by atoms with E-state index in [1.165, 1.54) is 18.5 Å². The van der Waals surface area contributed by atoms with Crippen molar-refractivity contribution >= 4 is 17.0 Å². The van der Waals surface area contributed by atoms with E-state index in [-0.39, 0.29) is 5.82 Å². The summed E-state index contributed by atoms with van der Waals surface area (Å²) in [6, 6.07) is 16.0. The molecule has 6 heteroatoms. The number of benzene rings is 2. The van der Waals surface area contributed by atoms with Crippen molar-refractivity contribution in [1.82, 2.24) is 14.6 Å². The second-order valence-electron chi connectivity index (χ2n) is 5.97. The van der Waals surface area contributed by atoms with Crippen LogP contribution in [0.1, 0.15) is 11.1 Å². The van der Waals surface area contributed by atoms with Gasteiger partial charge in [-0.25, -0.2) is 13.9 Å². The molecule has 0 atom stereocenters. The lowest BCUT2D eigenvalue weighted by Gasteiger charge is -2.10. The minimum atomic E-state index is -0.262. The van der Waals surface area contributed by atoms with E-state index in [9.17, 15) is 4.39 Å². The molecule has 0 bridgehead atoms. The predicted molar refractivity (Wildman–Crippen MR) is 98.2 cm³/mol. The number of hydrogen-bond donors (Lipinski definition) is 1. The van der Waals surface area contributed by atoms with Crippen LogP contribution in [-0.4, -0.2) is 14.6 Å². The lowest BCUT2D eigenvalue weighted by Crippen LogP contribution is -2.00. The lowest BCUT2D eigenvalue weighted by atomic mass is 10.2. The van der Waals surface area contributed by atoms with Crippen LogP contribution in [0.5, 0.6) is 5.75 Å². The maximum Gasteiger partial charge on any atom is 0.158 e. The molecule has 0 saturated carbocycles. The fourth-order valence-electron chi connectivity index (χ4n) is 2.76. The number of nitrogens with zero attached hydrogens (tertiary/aromatic N) is 3. The van der Waals surface area contributed by atoms with Crippen LogP contribution in [0.15, 0.2) is 67.1 Å². The first kappa shape index (κ1) is 16.1. The molecule has 4 aromatic rings. The van der Waals surface area contributed by atoms with Gasteiger partial charge in [0.2, 0.25) is 0 Å². The van der Waals surface area contributed by atoms with Crippen LogP contribution in [0.2, 0.25) is 0 Å². The van der Waals surface area contributed by atoms with E-state index in [0.717, 1.165) is 28.1 Å². The normalized spacial score (nSPS) is 10.8. The maximum atomic E-state index is 13.2. The Hall–Kier alpha value is -3.41. The van der Waals surface area contributed by atoms with Crippen molar-refractivity contribution in [1.29, 1.82) is 0 Å². The monoisotopic (exact) mass is 348 g/mol. The van der Waals surface area contributed by atoms with E-state index in [1.54, 1.807) is 10.6 Å². The van der Waals surface area contributed by atoms with Crippen molar-refractivity contribution in [2.45, 2.75) is 13.5 Å². The van der Waals surface area contributed by atoms with Crippen LogP contribution in [0.4, 0.5) is 15.9 Å².